The zero-order valence-corrected chi connectivity index (χ0v) is 18.2. The molecule has 1 aliphatic carbocycles. The molecule has 2 N–H and O–H groups in total. The Morgan fingerprint density at radius 2 is 1.88 bits per heavy atom. The summed E-state index contributed by atoms with van der Waals surface area (Å²) in [5.74, 6) is -1.07. The predicted molar refractivity (Wildman–Crippen MR) is 119 cm³/mol. The molecule has 0 aromatic heterocycles. The number of nitrogens with zero attached hydrogens (tertiary/aromatic N) is 2. The molecule has 1 aromatic rings. The molecule has 2 aliphatic heterocycles. The Bertz CT molecular complexity index is 928. The number of fused-ring (bicyclic) bond motifs is 1. The van der Waals surface area contributed by atoms with Gasteiger partial charge in [0.05, 0.1) is 17.5 Å². The molecular formula is C24H30N4O4. The number of hydrazine groups is 1. The number of rotatable bonds is 6. The molecule has 32 heavy (non-hydrogen) atoms. The highest BCUT2D eigenvalue weighted by Crippen LogP contribution is 2.32. The molecule has 8 nitrogen and oxygen atoms in total. The molecule has 0 bridgehead atoms. The molecule has 0 spiro atoms. The van der Waals surface area contributed by atoms with E-state index < -0.39 is 0 Å². The number of carbonyl (C=O) groups excluding carboxylic acids is 4. The highest BCUT2D eigenvalue weighted by Gasteiger charge is 2.42. The standard InChI is InChI=1S/C24H30N4O4/c29-21-12-2-1-5-14-27(21)15-7-13-25-22(30)17-8-6-9-18(16-17)28-24(32)20-11-4-3-10-19(20)23(31)26-28/h3-4,6,8-9,16,19-20H,1-2,5,7,10-15H2,(H,25,30)(H,26,31)/t19-,20-/m0/s1. The molecule has 4 rings (SSSR count). The first-order valence-corrected chi connectivity index (χ1v) is 11.5. The summed E-state index contributed by atoms with van der Waals surface area (Å²) >= 11 is 0. The summed E-state index contributed by atoms with van der Waals surface area (Å²) in [6.45, 7) is 1.90. The van der Waals surface area contributed by atoms with Crippen molar-refractivity contribution in [2.24, 2.45) is 11.8 Å². The summed E-state index contributed by atoms with van der Waals surface area (Å²) in [4.78, 5) is 52.0. The molecular weight excluding hydrogens is 408 g/mol. The third-order valence-electron chi connectivity index (χ3n) is 6.46. The minimum Gasteiger partial charge on any atom is -0.352 e. The monoisotopic (exact) mass is 438 g/mol. The summed E-state index contributed by atoms with van der Waals surface area (Å²) in [5.41, 5.74) is 3.58. The lowest BCUT2D eigenvalue weighted by Crippen LogP contribution is -2.59. The maximum Gasteiger partial charge on any atom is 0.251 e. The van der Waals surface area contributed by atoms with Gasteiger partial charge >= 0.3 is 0 Å². The third-order valence-corrected chi connectivity index (χ3v) is 6.46. The lowest BCUT2D eigenvalue weighted by Gasteiger charge is -2.38. The van der Waals surface area contributed by atoms with Crippen molar-refractivity contribution in [1.82, 2.24) is 15.6 Å². The molecule has 2 atom stereocenters. The quantitative estimate of drug-likeness (QED) is 0.525. The highest BCUT2D eigenvalue weighted by molar-refractivity contribution is 6.05. The Hall–Kier alpha value is -3.16. The van der Waals surface area contributed by atoms with Gasteiger partial charge in [0.2, 0.25) is 17.7 Å². The average molecular weight is 439 g/mol. The van der Waals surface area contributed by atoms with Crippen LogP contribution in [0, 0.1) is 11.8 Å². The van der Waals surface area contributed by atoms with E-state index in [1.165, 1.54) is 5.01 Å². The van der Waals surface area contributed by atoms with E-state index in [-0.39, 0.29) is 35.5 Å². The number of anilines is 1. The number of allylic oxidation sites excluding steroid dienone is 2. The second-order valence-electron chi connectivity index (χ2n) is 8.66. The van der Waals surface area contributed by atoms with Crippen LogP contribution in [0.25, 0.3) is 0 Å². The Kier molecular flexibility index (Phi) is 6.87. The average Bonchev–Trinajstić information content (AvgIpc) is 3.03. The van der Waals surface area contributed by atoms with Crippen molar-refractivity contribution in [2.45, 2.75) is 44.9 Å². The molecule has 8 heteroatoms. The first kappa shape index (κ1) is 22.0. The van der Waals surface area contributed by atoms with Gasteiger partial charge in [0.1, 0.15) is 0 Å². The van der Waals surface area contributed by atoms with Gasteiger partial charge in [-0.15, -0.1) is 0 Å². The van der Waals surface area contributed by atoms with Crippen molar-refractivity contribution in [2.75, 3.05) is 24.6 Å². The van der Waals surface area contributed by atoms with Gasteiger partial charge in [-0.2, -0.15) is 0 Å². The fraction of sp³-hybridized carbons (Fsp3) is 0.500. The lowest BCUT2D eigenvalue weighted by molar-refractivity contribution is -0.140. The van der Waals surface area contributed by atoms with Gasteiger partial charge in [-0.25, -0.2) is 5.01 Å². The molecule has 2 fully saturated rings. The van der Waals surface area contributed by atoms with Crippen LogP contribution in [0.4, 0.5) is 5.69 Å². The largest absolute Gasteiger partial charge is 0.352 e. The second-order valence-corrected chi connectivity index (χ2v) is 8.66. The Morgan fingerprint density at radius 3 is 2.72 bits per heavy atom. The molecule has 3 aliphatic rings. The number of hydrogen-bond acceptors (Lipinski definition) is 4. The van der Waals surface area contributed by atoms with E-state index in [2.05, 4.69) is 10.7 Å². The van der Waals surface area contributed by atoms with Gasteiger partial charge in [-0.3, -0.25) is 24.6 Å². The van der Waals surface area contributed by atoms with E-state index in [1.54, 1.807) is 24.3 Å². The lowest BCUT2D eigenvalue weighted by atomic mass is 9.80. The van der Waals surface area contributed by atoms with Crippen LogP contribution in [-0.2, 0) is 14.4 Å². The van der Waals surface area contributed by atoms with E-state index in [9.17, 15) is 19.2 Å². The van der Waals surface area contributed by atoms with Crippen molar-refractivity contribution in [3.8, 4) is 0 Å². The molecule has 0 saturated carbocycles. The fourth-order valence-electron chi connectivity index (χ4n) is 4.62. The minimum absolute atomic E-state index is 0.154. The summed E-state index contributed by atoms with van der Waals surface area (Å²) in [6.07, 6.45) is 9.39. The predicted octanol–water partition coefficient (Wildman–Crippen LogP) is 2.17. The second kappa shape index (κ2) is 9.97. The maximum atomic E-state index is 12.9. The zero-order valence-electron chi connectivity index (χ0n) is 18.2. The van der Waals surface area contributed by atoms with Crippen molar-refractivity contribution in [1.29, 1.82) is 0 Å². The molecule has 1 aromatic carbocycles. The van der Waals surface area contributed by atoms with Crippen LogP contribution in [0.1, 0.15) is 55.3 Å². The molecule has 170 valence electrons. The summed E-state index contributed by atoms with van der Waals surface area (Å²) in [6, 6.07) is 6.70. The number of likely N-dealkylation sites (tertiary alicyclic amines) is 1. The minimum atomic E-state index is -0.368. The van der Waals surface area contributed by atoms with E-state index in [1.807, 2.05) is 17.1 Å². The highest BCUT2D eigenvalue weighted by atomic mass is 16.2. The number of carbonyl (C=O) groups is 4. The van der Waals surface area contributed by atoms with Crippen molar-refractivity contribution in [3.63, 3.8) is 0 Å². The first-order valence-electron chi connectivity index (χ1n) is 11.5. The van der Waals surface area contributed by atoms with Crippen molar-refractivity contribution in [3.05, 3.63) is 42.0 Å². The van der Waals surface area contributed by atoms with Gasteiger partial charge in [0.25, 0.3) is 5.91 Å². The number of nitrogens with one attached hydrogen (secondary N) is 2. The summed E-state index contributed by atoms with van der Waals surface area (Å²) in [7, 11) is 0. The molecule has 0 radical (unpaired) electrons. The van der Waals surface area contributed by atoms with E-state index in [0.717, 1.165) is 25.8 Å². The SMILES string of the molecule is O=C(NCCCN1CCCCCC1=O)c1cccc(N2NC(=O)[C@H]3CC=CC[C@@H]3C2=O)c1. The molecule has 2 saturated heterocycles. The zero-order chi connectivity index (χ0) is 22.5. The number of hydrogen-bond donors (Lipinski definition) is 2. The van der Waals surface area contributed by atoms with Crippen LogP contribution in [0.5, 0.6) is 0 Å². The maximum absolute atomic E-state index is 12.9. The van der Waals surface area contributed by atoms with E-state index in [4.69, 9.17) is 0 Å². The van der Waals surface area contributed by atoms with Crippen LogP contribution in [0.15, 0.2) is 36.4 Å². The Balaban J connectivity index is 1.33. The Morgan fingerprint density at radius 1 is 1.06 bits per heavy atom. The number of amides is 4. The van der Waals surface area contributed by atoms with Crippen LogP contribution in [0.3, 0.4) is 0 Å². The fourth-order valence-corrected chi connectivity index (χ4v) is 4.62. The smallest absolute Gasteiger partial charge is 0.251 e. The van der Waals surface area contributed by atoms with Gasteiger partial charge in [0.15, 0.2) is 0 Å². The molecule has 0 unspecified atom stereocenters. The van der Waals surface area contributed by atoms with Crippen LogP contribution >= 0.6 is 0 Å². The molecule has 4 amide bonds. The van der Waals surface area contributed by atoms with Gasteiger partial charge in [-0.1, -0.05) is 24.6 Å². The van der Waals surface area contributed by atoms with Crippen LogP contribution in [0.2, 0.25) is 0 Å². The Labute approximate surface area is 188 Å². The number of benzene rings is 1. The first-order chi connectivity index (χ1) is 15.5. The van der Waals surface area contributed by atoms with Crippen molar-refractivity contribution < 1.29 is 19.2 Å². The normalized spacial score (nSPS) is 23.4. The van der Waals surface area contributed by atoms with Crippen molar-refractivity contribution >= 4 is 29.3 Å². The summed E-state index contributed by atoms with van der Waals surface area (Å²) < 4.78 is 0. The van der Waals surface area contributed by atoms with Gasteiger partial charge < -0.3 is 10.2 Å². The van der Waals surface area contributed by atoms with E-state index in [0.29, 0.717) is 50.0 Å². The van der Waals surface area contributed by atoms with Gasteiger partial charge in [-0.05, 0) is 50.3 Å². The van der Waals surface area contributed by atoms with E-state index >= 15 is 0 Å². The summed E-state index contributed by atoms with van der Waals surface area (Å²) in [5, 5.41) is 4.16. The van der Waals surface area contributed by atoms with Gasteiger partial charge in [0, 0.05) is 31.6 Å². The van der Waals surface area contributed by atoms with Crippen LogP contribution < -0.4 is 15.8 Å². The molecule has 2 heterocycles. The van der Waals surface area contributed by atoms with Crippen LogP contribution in [-0.4, -0.2) is 48.2 Å². The third kappa shape index (κ3) is 4.84. The topological polar surface area (TPSA) is 98.8 Å².